The summed E-state index contributed by atoms with van der Waals surface area (Å²) in [5, 5.41) is 4.64. The Hall–Kier alpha value is -2.13. The molecule has 0 spiro atoms. The molecular weight excluding hydrogens is 275 g/mol. The summed E-state index contributed by atoms with van der Waals surface area (Å²) in [5.41, 5.74) is 7.36. The van der Waals surface area contributed by atoms with E-state index >= 15 is 0 Å². The van der Waals surface area contributed by atoms with Crippen LogP contribution < -0.4 is 5.32 Å². The first-order valence-corrected chi connectivity index (χ1v) is 7.74. The highest BCUT2D eigenvalue weighted by molar-refractivity contribution is 5.85. The second kappa shape index (κ2) is 4.96. The third-order valence-electron chi connectivity index (χ3n) is 4.74. The van der Waals surface area contributed by atoms with E-state index < -0.39 is 0 Å². The van der Waals surface area contributed by atoms with Crippen LogP contribution in [0.15, 0.2) is 36.4 Å². The molecule has 2 aromatic carbocycles. The van der Waals surface area contributed by atoms with E-state index in [0.717, 1.165) is 23.9 Å². The molecule has 1 aliphatic heterocycles. The first-order valence-electron chi connectivity index (χ1n) is 7.74. The molecule has 2 heterocycles. The molecule has 1 unspecified atom stereocenters. The average molecular weight is 294 g/mol. The van der Waals surface area contributed by atoms with Crippen molar-refractivity contribution in [3.05, 3.63) is 70.2 Å². The van der Waals surface area contributed by atoms with Crippen LogP contribution in [-0.4, -0.2) is 11.5 Å². The van der Waals surface area contributed by atoms with Gasteiger partial charge in [0.15, 0.2) is 0 Å². The molecular formula is C19H19FN2. The van der Waals surface area contributed by atoms with Gasteiger partial charge in [0.2, 0.25) is 0 Å². The fourth-order valence-corrected chi connectivity index (χ4v) is 3.73. The van der Waals surface area contributed by atoms with Crippen molar-refractivity contribution in [2.75, 3.05) is 6.54 Å². The highest BCUT2D eigenvalue weighted by Gasteiger charge is 2.27. The zero-order valence-electron chi connectivity index (χ0n) is 12.8. The topological polar surface area (TPSA) is 27.8 Å². The Kier molecular flexibility index (Phi) is 3.05. The molecule has 1 atom stereocenters. The third kappa shape index (κ3) is 1.97. The summed E-state index contributed by atoms with van der Waals surface area (Å²) in [5.74, 6) is -0.170. The summed E-state index contributed by atoms with van der Waals surface area (Å²) in [6, 6.07) is 11.6. The van der Waals surface area contributed by atoms with Crippen molar-refractivity contribution in [2.45, 2.75) is 26.3 Å². The smallest absolute Gasteiger partial charge is 0.123 e. The van der Waals surface area contributed by atoms with Crippen LogP contribution in [0.1, 0.15) is 34.0 Å². The van der Waals surface area contributed by atoms with Gasteiger partial charge in [-0.25, -0.2) is 4.39 Å². The van der Waals surface area contributed by atoms with Gasteiger partial charge < -0.3 is 10.3 Å². The third-order valence-corrected chi connectivity index (χ3v) is 4.74. The van der Waals surface area contributed by atoms with Gasteiger partial charge in [0.1, 0.15) is 5.82 Å². The Labute approximate surface area is 129 Å². The molecule has 1 aromatic heterocycles. The van der Waals surface area contributed by atoms with E-state index in [1.807, 2.05) is 6.07 Å². The molecule has 0 bridgehead atoms. The van der Waals surface area contributed by atoms with Gasteiger partial charge in [-0.3, -0.25) is 0 Å². The van der Waals surface area contributed by atoms with Crippen LogP contribution >= 0.6 is 0 Å². The maximum atomic E-state index is 13.6. The van der Waals surface area contributed by atoms with Crippen LogP contribution in [0.5, 0.6) is 0 Å². The number of hydrogen-bond donors (Lipinski definition) is 2. The van der Waals surface area contributed by atoms with E-state index in [2.05, 4.69) is 42.3 Å². The van der Waals surface area contributed by atoms with E-state index in [1.165, 1.54) is 34.0 Å². The average Bonchev–Trinajstić information content (AvgIpc) is 2.86. The molecule has 2 nitrogen and oxygen atoms in total. The number of halogens is 1. The van der Waals surface area contributed by atoms with Gasteiger partial charge in [0, 0.05) is 23.1 Å². The standard InChI is InChI=1S/C19H19FN2/c1-11-4-3-5-12(2)17(11)19-18-14(8-9-21-19)15-10-13(20)6-7-16(15)22-18/h3-7,10,19,21-22H,8-9H2,1-2H3. The van der Waals surface area contributed by atoms with Crippen LogP contribution in [0.25, 0.3) is 10.9 Å². The number of rotatable bonds is 1. The first kappa shape index (κ1) is 13.5. The van der Waals surface area contributed by atoms with E-state index in [0.29, 0.717) is 0 Å². The Balaban J connectivity index is 1.95. The highest BCUT2D eigenvalue weighted by atomic mass is 19.1. The van der Waals surface area contributed by atoms with Crippen molar-refractivity contribution in [3.8, 4) is 0 Å². The van der Waals surface area contributed by atoms with Crippen molar-refractivity contribution >= 4 is 10.9 Å². The van der Waals surface area contributed by atoms with E-state index in [9.17, 15) is 4.39 Å². The van der Waals surface area contributed by atoms with E-state index in [4.69, 9.17) is 0 Å². The fraction of sp³-hybridized carbons (Fsp3) is 0.263. The lowest BCUT2D eigenvalue weighted by Gasteiger charge is -2.27. The van der Waals surface area contributed by atoms with Crippen molar-refractivity contribution < 1.29 is 4.39 Å². The van der Waals surface area contributed by atoms with Crippen LogP contribution in [-0.2, 0) is 6.42 Å². The molecule has 0 aliphatic carbocycles. The number of aryl methyl sites for hydroxylation is 2. The van der Waals surface area contributed by atoms with Crippen molar-refractivity contribution in [1.29, 1.82) is 0 Å². The lowest BCUT2D eigenvalue weighted by Crippen LogP contribution is -2.31. The number of benzene rings is 2. The molecule has 3 heteroatoms. The summed E-state index contributed by atoms with van der Waals surface area (Å²) in [6.45, 7) is 5.22. The minimum atomic E-state index is -0.170. The molecule has 0 saturated heterocycles. The number of hydrogen-bond acceptors (Lipinski definition) is 1. The zero-order chi connectivity index (χ0) is 15.3. The maximum absolute atomic E-state index is 13.6. The molecule has 2 N–H and O–H groups in total. The lowest BCUT2D eigenvalue weighted by atomic mass is 9.89. The largest absolute Gasteiger partial charge is 0.357 e. The van der Waals surface area contributed by atoms with E-state index in [1.54, 1.807) is 6.07 Å². The number of fused-ring (bicyclic) bond motifs is 3. The molecule has 0 amide bonds. The Morgan fingerprint density at radius 2 is 1.86 bits per heavy atom. The summed E-state index contributed by atoms with van der Waals surface area (Å²) in [4.78, 5) is 3.52. The van der Waals surface area contributed by atoms with Gasteiger partial charge >= 0.3 is 0 Å². The van der Waals surface area contributed by atoms with Crippen LogP contribution in [0.3, 0.4) is 0 Å². The van der Waals surface area contributed by atoms with Crippen LogP contribution in [0.4, 0.5) is 4.39 Å². The van der Waals surface area contributed by atoms with Crippen LogP contribution in [0, 0.1) is 19.7 Å². The predicted octanol–water partition coefficient (Wildman–Crippen LogP) is 4.16. The molecule has 112 valence electrons. The molecule has 1 aliphatic rings. The van der Waals surface area contributed by atoms with Gasteiger partial charge in [0.25, 0.3) is 0 Å². The van der Waals surface area contributed by atoms with Gasteiger partial charge in [-0.05, 0) is 60.7 Å². The molecule has 0 fully saturated rings. The van der Waals surface area contributed by atoms with E-state index in [-0.39, 0.29) is 11.9 Å². The molecule has 4 rings (SSSR count). The Bertz CT molecular complexity index is 843. The SMILES string of the molecule is Cc1cccc(C)c1C1NCCc2c1[nH]c1ccc(F)cc21. The molecule has 22 heavy (non-hydrogen) atoms. The van der Waals surface area contributed by atoms with Gasteiger partial charge in [-0.2, -0.15) is 0 Å². The number of aromatic amines is 1. The summed E-state index contributed by atoms with van der Waals surface area (Å²) in [7, 11) is 0. The number of aromatic nitrogens is 1. The quantitative estimate of drug-likeness (QED) is 0.693. The summed E-state index contributed by atoms with van der Waals surface area (Å²) in [6.07, 6.45) is 0.931. The minimum Gasteiger partial charge on any atom is -0.357 e. The zero-order valence-corrected chi connectivity index (χ0v) is 12.8. The van der Waals surface area contributed by atoms with Gasteiger partial charge in [-0.1, -0.05) is 18.2 Å². The van der Waals surface area contributed by atoms with Crippen molar-refractivity contribution in [1.82, 2.24) is 10.3 Å². The normalized spacial score (nSPS) is 17.7. The second-order valence-electron chi connectivity index (χ2n) is 6.15. The number of H-pyrrole nitrogens is 1. The molecule has 0 saturated carbocycles. The van der Waals surface area contributed by atoms with Crippen molar-refractivity contribution in [2.24, 2.45) is 0 Å². The van der Waals surface area contributed by atoms with Gasteiger partial charge in [-0.15, -0.1) is 0 Å². The van der Waals surface area contributed by atoms with Crippen LogP contribution in [0.2, 0.25) is 0 Å². The fourth-order valence-electron chi connectivity index (χ4n) is 3.73. The summed E-state index contributed by atoms with van der Waals surface area (Å²) < 4.78 is 13.6. The Morgan fingerprint density at radius 1 is 1.09 bits per heavy atom. The number of nitrogens with one attached hydrogen (secondary N) is 2. The maximum Gasteiger partial charge on any atom is 0.123 e. The monoisotopic (exact) mass is 294 g/mol. The lowest BCUT2D eigenvalue weighted by molar-refractivity contribution is 0.556. The van der Waals surface area contributed by atoms with Crippen molar-refractivity contribution in [3.63, 3.8) is 0 Å². The second-order valence-corrected chi connectivity index (χ2v) is 6.15. The first-order chi connectivity index (χ1) is 10.6. The minimum absolute atomic E-state index is 0.153. The molecule has 3 aromatic rings. The summed E-state index contributed by atoms with van der Waals surface area (Å²) >= 11 is 0. The predicted molar refractivity (Wildman–Crippen MR) is 87.7 cm³/mol. The molecule has 0 radical (unpaired) electrons. The van der Waals surface area contributed by atoms with Gasteiger partial charge in [0.05, 0.1) is 6.04 Å². The highest BCUT2D eigenvalue weighted by Crippen LogP contribution is 2.36. The Morgan fingerprint density at radius 3 is 2.64 bits per heavy atom.